The predicted molar refractivity (Wildman–Crippen MR) is 91.3 cm³/mol. The van der Waals surface area contributed by atoms with E-state index in [1.807, 2.05) is 70.2 Å². The second-order valence-electron chi connectivity index (χ2n) is 5.89. The zero-order valence-corrected chi connectivity index (χ0v) is 14.4. The molecule has 3 nitrogen and oxygen atoms in total. The van der Waals surface area contributed by atoms with E-state index in [0.29, 0.717) is 0 Å². The Morgan fingerprint density at radius 3 is 2.36 bits per heavy atom. The molecule has 22 heavy (non-hydrogen) atoms. The number of hydrogen-bond acceptors (Lipinski definition) is 2. The summed E-state index contributed by atoms with van der Waals surface area (Å²) in [5.74, 6) is 0.00881. The maximum atomic E-state index is 12.4. The second kappa shape index (κ2) is 6.63. The fraction of sp³-hybridized carbons (Fsp3) is 0.333. The molecule has 0 aliphatic heterocycles. The molecule has 0 unspecified atom stereocenters. The topological polar surface area (TPSA) is 46.2 Å². The Morgan fingerprint density at radius 2 is 1.68 bits per heavy atom. The number of benzene rings is 2. The van der Waals surface area contributed by atoms with Crippen LogP contribution < -0.4 is 4.72 Å². The Labute approximate surface area is 133 Å². The second-order valence-corrected chi connectivity index (χ2v) is 7.64. The molecule has 0 heterocycles. The van der Waals surface area contributed by atoms with E-state index < -0.39 is 10.0 Å². The molecule has 0 fully saturated rings. The summed E-state index contributed by atoms with van der Waals surface area (Å²) in [6.07, 6.45) is 0. The van der Waals surface area contributed by atoms with Crippen LogP contribution in [0, 0.1) is 20.8 Å². The summed E-state index contributed by atoms with van der Waals surface area (Å²) in [5, 5.41) is 0. The van der Waals surface area contributed by atoms with Gasteiger partial charge < -0.3 is 0 Å². The average Bonchev–Trinajstić information content (AvgIpc) is 2.43. The van der Waals surface area contributed by atoms with Crippen LogP contribution in [0.3, 0.4) is 0 Å². The van der Waals surface area contributed by atoms with Gasteiger partial charge in [-0.05, 0) is 49.9 Å². The zero-order chi connectivity index (χ0) is 16.3. The van der Waals surface area contributed by atoms with E-state index in [4.69, 9.17) is 0 Å². The van der Waals surface area contributed by atoms with Crippen LogP contribution in [0.1, 0.15) is 40.8 Å². The molecule has 0 bridgehead atoms. The van der Waals surface area contributed by atoms with Gasteiger partial charge >= 0.3 is 0 Å². The van der Waals surface area contributed by atoms with Gasteiger partial charge in [0.15, 0.2) is 0 Å². The van der Waals surface area contributed by atoms with Gasteiger partial charge in [-0.25, -0.2) is 13.1 Å². The van der Waals surface area contributed by atoms with Crippen molar-refractivity contribution in [3.8, 4) is 0 Å². The summed E-state index contributed by atoms with van der Waals surface area (Å²) in [6, 6.07) is 13.4. The Kier molecular flexibility index (Phi) is 5.04. The molecule has 1 N–H and O–H groups in total. The monoisotopic (exact) mass is 317 g/mol. The molecule has 1 atom stereocenters. The van der Waals surface area contributed by atoms with Gasteiger partial charge in [0.1, 0.15) is 0 Å². The third kappa shape index (κ3) is 4.18. The van der Waals surface area contributed by atoms with Crippen LogP contribution >= 0.6 is 0 Å². The minimum atomic E-state index is -3.38. The highest BCUT2D eigenvalue weighted by atomic mass is 32.2. The first-order valence-electron chi connectivity index (χ1n) is 7.40. The van der Waals surface area contributed by atoms with E-state index >= 15 is 0 Å². The molecular formula is C18H23NO2S. The lowest BCUT2D eigenvalue weighted by molar-refractivity contribution is 0.565. The summed E-state index contributed by atoms with van der Waals surface area (Å²) in [4.78, 5) is 0. The van der Waals surface area contributed by atoms with Gasteiger partial charge in [-0.15, -0.1) is 0 Å². The first-order valence-corrected chi connectivity index (χ1v) is 9.05. The molecule has 0 aliphatic carbocycles. The smallest absolute Gasteiger partial charge is 0.212 e. The number of hydrogen-bond donors (Lipinski definition) is 1. The van der Waals surface area contributed by atoms with Crippen molar-refractivity contribution in [1.29, 1.82) is 0 Å². The highest BCUT2D eigenvalue weighted by Crippen LogP contribution is 2.20. The lowest BCUT2D eigenvalue weighted by atomic mass is 10.0. The molecule has 4 heteroatoms. The third-order valence-electron chi connectivity index (χ3n) is 3.86. The molecule has 118 valence electrons. The van der Waals surface area contributed by atoms with Crippen molar-refractivity contribution in [1.82, 2.24) is 4.72 Å². The molecule has 0 saturated carbocycles. The van der Waals surface area contributed by atoms with E-state index in [1.165, 1.54) is 0 Å². The van der Waals surface area contributed by atoms with Gasteiger partial charge in [-0.1, -0.05) is 48.0 Å². The van der Waals surface area contributed by atoms with Crippen molar-refractivity contribution in [3.05, 3.63) is 70.3 Å². The summed E-state index contributed by atoms with van der Waals surface area (Å²) >= 11 is 0. The summed E-state index contributed by atoms with van der Waals surface area (Å²) in [6.45, 7) is 7.83. The Morgan fingerprint density at radius 1 is 1.00 bits per heavy atom. The van der Waals surface area contributed by atoms with Crippen molar-refractivity contribution < 1.29 is 8.42 Å². The minimum Gasteiger partial charge on any atom is -0.212 e. The Bertz CT molecular complexity index is 766. The van der Waals surface area contributed by atoms with Gasteiger partial charge in [0, 0.05) is 6.04 Å². The minimum absolute atomic E-state index is 0.00881. The summed E-state index contributed by atoms with van der Waals surface area (Å²) < 4.78 is 27.6. The Balaban J connectivity index is 2.18. The molecule has 2 rings (SSSR count). The van der Waals surface area contributed by atoms with E-state index in [9.17, 15) is 8.42 Å². The Hall–Kier alpha value is -1.65. The molecule has 2 aromatic rings. The van der Waals surface area contributed by atoms with Crippen LogP contribution in [-0.2, 0) is 15.8 Å². The fourth-order valence-electron chi connectivity index (χ4n) is 2.58. The molecule has 0 aromatic heterocycles. The summed E-state index contributed by atoms with van der Waals surface area (Å²) in [7, 11) is -3.38. The zero-order valence-electron chi connectivity index (χ0n) is 13.6. The third-order valence-corrected chi connectivity index (χ3v) is 5.27. The van der Waals surface area contributed by atoms with E-state index in [-0.39, 0.29) is 11.8 Å². The van der Waals surface area contributed by atoms with Crippen LogP contribution in [0.5, 0.6) is 0 Å². The van der Waals surface area contributed by atoms with Crippen molar-refractivity contribution in [2.75, 3.05) is 0 Å². The van der Waals surface area contributed by atoms with Crippen LogP contribution in [0.25, 0.3) is 0 Å². The quantitative estimate of drug-likeness (QED) is 0.912. The van der Waals surface area contributed by atoms with Crippen LogP contribution in [0.2, 0.25) is 0 Å². The molecule has 0 amide bonds. The highest BCUT2D eigenvalue weighted by Gasteiger charge is 2.18. The molecule has 0 spiro atoms. The van der Waals surface area contributed by atoms with Crippen molar-refractivity contribution in [2.45, 2.75) is 39.5 Å². The molecule has 2 aromatic carbocycles. The van der Waals surface area contributed by atoms with Crippen molar-refractivity contribution >= 4 is 10.0 Å². The van der Waals surface area contributed by atoms with E-state index in [2.05, 4.69) is 4.72 Å². The highest BCUT2D eigenvalue weighted by molar-refractivity contribution is 7.88. The van der Waals surface area contributed by atoms with Gasteiger partial charge in [0.05, 0.1) is 5.75 Å². The van der Waals surface area contributed by atoms with Gasteiger partial charge in [-0.3, -0.25) is 0 Å². The normalized spacial score (nSPS) is 13.1. The maximum absolute atomic E-state index is 12.4. The van der Waals surface area contributed by atoms with Gasteiger partial charge in [0.25, 0.3) is 0 Å². The summed E-state index contributed by atoms with van der Waals surface area (Å²) in [5.41, 5.74) is 5.08. The van der Waals surface area contributed by atoms with Gasteiger partial charge in [-0.2, -0.15) is 0 Å². The van der Waals surface area contributed by atoms with Gasteiger partial charge in [0.2, 0.25) is 10.0 Å². The number of nitrogens with one attached hydrogen (secondary N) is 1. The van der Waals surface area contributed by atoms with Crippen LogP contribution in [0.4, 0.5) is 0 Å². The van der Waals surface area contributed by atoms with Crippen molar-refractivity contribution in [2.24, 2.45) is 0 Å². The first-order chi connectivity index (χ1) is 10.3. The molecule has 0 aliphatic rings. The SMILES string of the molecule is Cc1ccc(C)c([C@H](C)NS(=O)(=O)Cc2ccccc2C)c1. The number of rotatable bonds is 5. The van der Waals surface area contributed by atoms with Crippen molar-refractivity contribution in [3.63, 3.8) is 0 Å². The lowest BCUT2D eigenvalue weighted by Gasteiger charge is -2.18. The fourth-order valence-corrected chi connectivity index (χ4v) is 4.06. The predicted octanol–water partition coefficient (Wildman–Crippen LogP) is 3.79. The standard InChI is InChI=1S/C18H23NO2S/c1-13-9-10-15(3)18(11-13)16(4)19-22(20,21)12-17-8-6-5-7-14(17)2/h5-11,16,19H,12H2,1-4H3/t16-/m0/s1. The number of aryl methyl sites for hydroxylation is 3. The van der Waals surface area contributed by atoms with E-state index in [1.54, 1.807) is 0 Å². The largest absolute Gasteiger partial charge is 0.216 e. The van der Waals surface area contributed by atoms with Crippen LogP contribution in [0.15, 0.2) is 42.5 Å². The molecular weight excluding hydrogens is 294 g/mol. The molecule has 0 saturated heterocycles. The van der Waals surface area contributed by atoms with Crippen LogP contribution in [-0.4, -0.2) is 8.42 Å². The maximum Gasteiger partial charge on any atom is 0.216 e. The lowest BCUT2D eigenvalue weighted by Crippen LogP contribution is -2.28. The van der Waals surface area contributed by atoms with E-state index in [0.717, 1.165) is 27.8 Å². The first kappa shape index (κ1) is 16.7. The number of sulfonamides is 1. The molecule has 0 radical (unpaired) electrons. The average molecular weight is 317 g/mol.